The van der Waals surface area contributed by atoms with Crippen LogP contribution in [-0.4, -0.2) is 5.78 Å². The third kappa shape index (κ3) is 1.79. The predicted molar refractivity (Wildman–Crippen MR) is 51.2 cm³/mol. The van der Waals surface area contributed by atoms with Crippen molar-refractivity contribution in [3.8, 4) is 0 Å². The van der Waals surface area contributed by atoms with Gasteiger partial charge in [-0.15, -0.1) is 0 Å². The first-order valence-electron chi connectivity index (χ1n) is 3.49. The molecule has 0 unspecified atom stereocenters. The summed E-state index contributed by atoms with van der Waals surface area (Å²) in [5, 5.41) is 1.04. The lowest BCUT2D eigenvalue weighted by atomic mass is 10.1. The number of rotatable bonds is 1. The molecule has 12 heavy (non-hydrogen) atoms. The maximum atomic E-state index is 11.0. The molecular weight excluding hydrogens is 195 g/mol. The molecule has 0 saturated heterocycles. The Labute approximate surface area is 81.3 Å². The molecule has 0 N–H and O–H groups in total. The van der Waals surface area contributed by atoms with E-state index in [9.17, 15) is 4.79 Å². The molecule has 1 nitrogen and oxygen atoms in total. The summed E-state index contributed by atoms with van der Waals surface area (Å²) in [6.07, 6.45) is 0. The van der Waals surface area contributed by atoms with E-state index in [1.54, 1.807) is 12.1 Å². The van der Waals surface area contributed by atoms with Crippen LogP contribution in [0, 0.1) is 6.92 Å². The quantitative estimate of drug-likeness (QED) is 0.638. The smallest absolute Gasteiger partial charge is 0.161 e. The summed E-state index contributed by atoms with van der Waals surface area (Å²) in [6.45, 7) is 3.31. The molecule has 1 rings (SSSR count). The van der Waals surface area contributed by atoms with Crippen LogP contribution in [0.5, 0.6) is 0 Å². The van der Waals surface area contributed by atoms with E-state index in [4.69, 9.17) is 23.2 Å². The van der Waals surface area contributed by atoms with Crippen LogP contribution < -0.4 is 0 Å². The highest BCUT2D eigenvalue weighted by Crippen LogP contribution is 2.24. The maximum absolute atomic E-state index is 11.0. The molecule has 0 atom stereocenters. The minimum Gasteiger partial charge on any atom is -0.294 e. The van der Waals surface area contributed by atoms with Gasteiger partial charge in [0.25, 0.3) is 0 Å². The minimum atomic E-state index is -0.0677. The first kappa shape index (κ1) is 9.56. The first-order chi connectivity index (χ1) is 5.52. The van der Waals surface area contributed by atoms with Crippen LogP contribution in [0.1, 0.15) is 22.8 Å². The van der Waals surface area contributed by atoms with Gasteiger partial charge in [-0.25, -0.2) is 0 Å². The summed E-state index contributed by atoms with van der Waals surface area (Å²) in [4.78, 5) is 11.0. The molecular formula is C9H8Cl2O. The number of hydrogen-bond donors (Lipinski definition) is 0. The molecule has 0 bridgehead atoms. The van der Waals surface area contributed by atoms with E-state index < -0.39 is 0 Å². The van der Waals surface area contributed by atoms with Crippen LogP contribution in [0.25, 0.3) is 0 Å². The van der Waals surface area contributed by atoms with Gasteiger partial charge in [-0.05, 0) is 31.5 Å². The van der Waals surface area contributed by atoms with Crippen LogP contribution in [0.4, 0.5) is 0 Å². The summed E-state index contributed by atoms with van der Waals surface area (Å²) in [7, 11) is 0. The highest BCUT2D eigenvalue weighted by molar-refractivity contribution is 6.36. The van der Waals surface area contributed by atoms with E-state index in [1.807, 2.05) is 6.92 Å². The van der Waals surface area contributed by atoms with Gasteiger partial charge in [0.05, 0.1) is 5.02 Å². The van der Waals surface area contributed by atoms with Gasteiger partial charge >= 0.3 is 0 Å². The molecule has 64 valence electrons. The molecule has 0 spiro atoms. The fourth-order valence-corrected chi connectivity index (χ4v) is 1.43. The fourth-order valence-electron chi connectivity index (χ4n) is 0.916. The van der Waals surface area contributed by atoms with E-state index in [0.717, 1.165) is 5.56 Å². The Balaban J connectivity index is 3.33. The van der Waals surface area contributed by atoms with Crippen LogP contribution in [0.15, 0.2) is 12.1 Å². The topological polar surface area (TPSA) is 17.1 Å². The van der Waals surface area contributed by atoms with Crippen molar-refractivity contribution >= 4 is 29.0 Å². The monoisotopic (exact) mass is 202 g/mol. The molecule has 3 heteroatoms. The van der Waals surface area contributed by atoms with Crippen molar-refractivity contribution in [1.29, 1.82) is 0 Å². The van der Waals surface area contributed by atoms with Gasteiger partial charge in [0.2, 0.25) is 0 Å². The van der Waals surface area contributed by atoms with E-state index >= 15 is 0 Å². The summed E-state index contributed by atoms with van der Waals surface area (Å²) >= 11 is 11.6. The number of carbonyl (C=O) groups excluding carboxylic acids is 1. The number of Topliss-reactive ketones (excluding diaryl/α,β-unsaturated/α-hetero) is 1. The van der Waals surface area contributed by atoms with Crippen molar-refractivity contribution in [2.75, 3.05) is 0 Å². The van der Waals surface area contributed by atoms with Crippen LogP contribution in [0.2, 0.25) is 10.0 Å². The molecule has 0 fully saturated rings. The van der Waals surface area contributed by atoms with E-state index in [0.29, 0.717) is 15.6 Å². The molecule has 0 radical (unpaired) electrons. The predicted octanol–water partition coefficient (Wildman–Crippen LogP) is 3.50. The zero-order valence-electron chi connectivity index (χ0n) is 6.82. The van der Waals surface area contributed by atoms with Gasteiger partial charge in [-0.1, -0.05) is 23.2 Å². The van der Waals surface area contributed by atoms with Crippen molar-refractivity contribution in [2.24, 2.45) is 0 Å². The average molecular weight is 203 g/mol. The van der Waals surface area contributed by atoms with Crippen molar-refractivity contribution < 1.29 is 4.79 Å². The SMILES string of the molecule is CC(=O)c1cc(Cl)c(C)cc1Cl. The lowest BCUT2D eigenvalue weighted by Crippen LogP contribution is -1.94. The number of benzene rings is 1. The molecule has 0 heterocycles. The highest BCUT2D eigenvalue weighted by atomic mass is 35.5. The molecule has 0 aliphatic carbocycles. The third-order valence-electron chi connectivity index (χ3n) is 1.63. The number of halogens is 2. The Bertz CT molecular complexity index is 332. The van der Waals surface area contributed by atoms with Crippen LogP contribution in [0.3, 0.4) is 0 Å². The van der Waals surface area contributed by atoms with Gasteiger partial charge in [0.15, 0.2) is 5.78 Å². The van der Waals surface area contributed by atoms with Crippen LogP contribution >= 0.6 is 23.2 Å². The molecule has 0 aliphatic heterocycles. The normalized spacial score (nSPS) is 10.0. The first-order valence-corrected chi connectivity index (χ1v) is 4.24. The van der Waals surface area contributed by atoms with Crippen molar-refractivity contribution in [3.63, 3.8) is 0 Å². The second-order valence-electron chi connectivity index (χ2n) is 2.64. The van der Waals surface area contributed by atoms with Gasteiger partial charge in [-0.2, -0.15) is 0 Å². The number of carbonyl (C=O) groups is 1. The number of ketones is 1. The lowest BCUT2D eigenvalue weighted by molar-refractivity contribution is 0.101. The lowest BCUT2D eigenvalue weighted by Gasteiger charge is -2.02. The Morgan fingerprint density at radius 3 is 2.33 bits per heavy atom. The Morgan fingerprint density at radius 1 is 1.25 bits per heavy atom. The molecule has 1 aromatic rings. The number of hydrogen-bond acceptors (Lipinski definition) is 1. The largest absolute Gasteiger partial charge is 0.294 e. The Kier molecular flexibility index (Phi) is 2.76. The second kappa shape index (κ2) is 3.46. The average Bonchev–Trinajstić information content (AvgIpc) is 1.96. The summed E-state index contributed by atoms with van der Waals surface area (Å²) in [5.74, 6) is -0.0677. The van der Waals surface area contributed by atoms with E-state index in [2.05, 4.69) is 0 Å². The van der Waals surface area contributed by atoms with Gasteiger partial charge in [0.1, 0.15) is 0 Å². The zero-order chi connectivity index (χ0) is 9.30. The maximum Gasteiger partial charge on any atom is 0.161 e. The Hall–Kier alpha value is -0.530. The minimum absolute atomic E-state index is 0.0677. The van der Waals surface area contributed by atoms with E-state index in [-0.39, 0.29) is 5.78 Å². The molecule has 0 amide bonds. The molecule has 0 aromatic heterocycles. The van der Waals surface area contributed by atoms with Crippen LogP contribution in [-0.2, 0) is 0 Å². The standard InChI is InChI=1S/C9H8Cl2O/c1-5-3-9(11)7(6(2)12)4-8(5)10/h3-4H,1-2H3. The fraction of sp³-hybridized carbons (Fsp3) is 0.222. The van der Waals surface area contributed by atoms with Gasteiger partial charge < -0.3 is 0 Å². The van der Waals surface area contributed by atoms with Gasteiger partial charge in [0, 0.05) is 10.6 Å². The van der Waals surface area contributed by atoms with Crippen molar-refractivity contribution in [2.45, 2.75) is 13.8 Å². The van der Waals surface area contributed by atoms with Crippen molar-refractivity contribution in [1.82, 2.24) is 0 Å². The van der Waals surface area contributed by atoms with E-state index in [1.165, 1.54) is 6.92 Å². The highest BCUT2D eigenvalue weighted by Gasteiger charge is 2.07. The second-order valence-corrected chi connectivity index (χ2v) is 3.45. The number of aryl methyl sites for hydroxylation is 1. The summed E-state index contributed by atoms with van der Waals surface area (Å²) in [6, 6.07) is 3.29. The molecule has 0 saturated carbocycles. The molecule has 0 aliphatic rings. The van der Waals surface area contributed by atoms with Crippen molar-refractivity contribution in [3.05, 3.63) is 33.3 Å². The van der Waals surface area contributed by atoms with Gasteiger partial charge in [-0.3, -0.25) is 4.79 Å². The zero-order valence-corrected chi connectivity index (χ0v) is 8.33. The summed E-state index contributed by atoms with van der Waals surface area (Å²) in [5.41, 5.74) is 1.36. The Morgan fingerprint density at radius 2 is 1.83 bits per heavy atom. The summed E-state index contributed by atoms with van der Waals surface area (Å²) < 4.78 is 0. The third-order valence-corrected chi connectivity index (χ3v) is 2.35. The molecule has 1 aromatic carbocycles.